The van der Waals surface area contributed by atoms with Gasteiger partial charge in [0.1, 0.15) is 0 Å². The monoisotopic (exact) mass is 283 g/mol. The molecule has 0 saturated carbocycles. The lowest BCUT2D eigenvalue weighted by Crippen LogP contribution is -2.56. The van der Waals surface area contributed by atoms with Crippen molar-refractivity contribution in [2.75, 3.05) is 13.6 Å². The van der Waals surface area contributed by atoms with Gasteiger partial charge in [-0.15, -0.1) is 0 Å². The van der Waals surface area contributed by atoms with Crippen molar-refractivity contribution in [3.05, 3.63) is 0 Å². The Morgan fingerprint density at radius 2 is 1.90 bits per heavy atom. The molecule has 2 aliphatic heterocycles. The fourth-order valence-corrected chi connectivity index (χ4v) is 3.41. The minimum atomic E-state index is -0.824. The summed E-state index contributed by atoms with van der Waals surface area (Å²) in [5.74, 6) is -0.824. The molecule has 0 radical (unpaired) electrons. The summed E-state index contributed by atoms with van der Waals surface area (Å²) in [6.45, 7) is 0.414. The number of fused-ring (bicyclic) bond motifs is 2. The molecule has 0 aromatic carbocycles. The van der Waals surface area contributed by atoms with Crippen LogP contribution in [-0.4, -0.2) is 53.7 Å². The van der Waals surface area contributed by atoms with Gasteiger partial charge in [-0.3, -0.25) is 4.79 Å². The van der Waals surface area contributed by atoms with Crippen molar-refractivity contribution in [3.63, 3.8) is 0 Å². The molecule has 0 aliphatic carbocycles. The van der Waals surface area contributed by atoms with Crippen molar-refractivity contribution in [1.29, 1.82) is 0 Å². The summed E-state index contributed by atoms with van der Waals surface area (Å²) in [6.07, 6.45) is 6.37. The summed E-state index contributed by atoms with van der Waals surface area (Å²) < 4.78 is 0. The molecule has 2 bridgehead atoms. The van der Waals surface area contributed by atoms with Gasteiger partial charge in [-0.1, -0.05) is 6.42 Å². The van der Waals surface area contributed by atoms with Gasteiger partial charge in [-0.2, -0.15) is 0 Å². The van der Waals surface area contributed by atoms with E-state index in [4.69, 9.17) is 5.11 Å². The molecule has 2 atom stereocenters. The molecule has 2 heterocycles. The number of nitrogens with one attached hydrogen (secondary N) is 2. The average Bonchev–Trinajstić information content (AvgIpc) is 2.36. The van der Waals surface area contributed by atoms with E-state index >= 15 is 0 Å². The maximum absolute atomic E-state index is 11.8. The van der Waals surface area contributed by atoms with Gasteiger partial charge in [0, 0.05) is 31.1 Å². The number of hydrogen-bond acceptors (Lipinski definition) is 3. The van der Waals surface area contributed by atoms with Gasteiger partial charge < -0.3 is 20.6 Å². The van der Waals surface area contributed by atoms with Crippen LogP contribution in [-0.2, 0) is 4.79 Å². The minimum Gasteiger partial charge on any atom is -0.481 e. The van der Waals surface area contributed by atoms with Crippen molar-refractivity contribution in [2.45, 2.75) is 63.1 Å². The van der Waals surface area contributed by atoms with Crippen LogP contribution in [0.25, 0.3) is 0 Å². The number of carbonyl (C=O) groups excluding carboxylic acids is 1. The Morgan fingerprint density at radius 1 is 1.25 bits per heavy atom. The Hall–Kier alpha value is -1.30. The summed E-state index contributed by atoms with van der Waals surface area (Å²) in [5, 5.41) is 14.3. The van der Waals surface area contributed by atoms with E-state index in [0.717, 1.165) is 12.8 Å². The minimum absolute atomic E-state index is 0.0959. The van der Waals surface area contributed by atoms with E-state index < -0.39 is 5.97 Å². The maximum atomic E-state index is 11.8. The summed E-state index contributed by atoms with van der Waals surface area (Å²) >= 11 is 0. The SMILES string of the molecule is CN1C2CCCC1CC(NC(=O)NCCCC(=O)O)C2. The van der Waals surface area contributed by atoms with Gasteiger partial charge in [-0.05, 0) is 39.2 Å². The van der Waals surface area contributed by atoms with Crippen LogP contribution in [0.1, 0.15) is 44.9 Å². The number of nitrogens with zero attached hydrogens (tertiary/aromatic N) is 1. The lowest BCUT2D eigenvalue weighted by molar-refractivity contribution is -0.137. The Bertz CT molecular complexity index is 348. The first kappa shape index (κ1) is 15.1. The fourth-order valence-electron chi connectivity index (χ4n) is 3.41. The highest BCUT2D eigenvalue weighted by Gasteiger charge is 2.36. The first-order valence-corrected chi connectivity index (χ1v) is 7.54. The highest BCUT2D eigenvalue weighted by Crippen LogP contribution is 2.32. The third-order valence-electron chi connectivity index (χ3n) is 4.53. The number of amides is 2. The molecule has 0 spiro atoms. The Labute approximate surface area is 119 Å². The number of piperidine rings is 2. The van der Waals surface area contributed by atoms with Crippen LogP contribution in [0.15, 0.2) is 0 Å². The third kappa shape index (κ3) is 4.10. The summed E-state index contributed by atoms with van der Waals surface area (Å²) in [5.41, 5.74) is 0. The zero-order valence-electron chi connectivity index (χ0n) is 12.1. The molecule has 2 aliphatic rings. The Morgan fingerprint density at radius 3 is 2.50 bits per heavy atom. The van der Waals surface area contributed by atoms with E-state index in [1.807, 2.05) is 0 Å². The number of carboxylic acid groups (broad SMARTS) is 1. The van der Waals surface area contributed by atoms with Crippen LogP contribution in [0.4, 0.5) is 4.79 Å². The normalized spacial score (nSPS) is 29.8. The number of aliphatic carboxylic acids is 1. The van der Waals surface area contributed by atoms with Crippen LogP contribution in [0.2, 0.25) is 0 Å². The lowest BCUT2D eigenvalue weighted by Gasteiger charge is -2.47. The van der Waals surface area contributed by atoms with Gasteiger partial charge >= 0.3 is 12.0 Å². The smallest absolute Gasteiger partial charge is 0.315 e. The highest BCUT2D eigenvalue weighted by molar-refractivity contribution is 5.74. The third-order valence-corrected chi connectivity index (χ3v) is 4.53. The van der Waals surface area contributed by atoms with Crippen molar-refractivity contribution in [1.82, 2.24) is 15.5 Å². The van der Waals surface area contributed by atoms with Crippen LogP contribution in [0, 0.1) is 0 Å². The van der Waals surface area contributed by atoms with Gasteiger partial charge in [-0.25, -0.2) is 4.79 Å². The van der Waals surface area contributed by atoms with Crippen LogP contribution in [0.3, 0.4) is 0 Å². The van der Waals surface area contributed by atoms with Crippen molar-refractivity contribution in [3.8, 4) is 0 Å². The van der Waals surface area contributed by atoms with Gasteiger partial charge in [0.2, 0.25) is 0 Å². The van der Waals surface area contributed by atoms with Crippen molar-refractivity contribution in [2.24, 2.45) is 0 Å². The Kier molecular flexibility index (Phi) is 5.23. The second-order valence-corrected chi connectivity index (χ2v) is 5.97. The average molecular weight is 283 g/mol. The molecular formula is C14H25N3O3. The van der Waals surface area contributed by atoms with E-state index in [9.17, 15) is 9.59 Å². The molecule has 3 N–H and O–H groups in total. The lowest BCUT2D eigenvalue weighted by atomic mass is 9.82. The van der Waals surface area contributed by atoms with Crippen molar-refractivity contribution >= 4 is 12.0 Å². The largest absolute Gasteiger partial charge is 0.481 e. The molecule has 2 fully saturated rings. The molecule has 6 nitrogen and oxygen atoms in total. The summed E-state index contributed by atoms with van der Waals surface area (Å²) in [6, 6.07) is 1.28. The molecule has 2 saturated heterocycles. The fraction of sp³-hybridized carbons (Fsp3) is 0.857. The van der Waals surface area contributed by atoms with Crippen molar-refractivity contribution < 1.29 is 14.7 Å². The van der Waals surface area contributed by atoms with Gasteiger partial charge in [0.05, 0.1) is 0 Å². The maximum Gasteiger partial charge on any atom is 0.315 e. The highest BCUT2D eigenvalue weighted by atomic mass is 16.4. The van der Waals surface area contributed by atoms with E-state index in [2.05, 4.69) is 22.6 Å². The second-order valence-electron chi connectivity index (χ2n) is 5.97. The molecule has 2 unspecified atom stereocenters. The summed E-state index contributed by atoms with van der Waals surface area (Å²) in [4.78, 5) is 24.6. The topological polar surface area (TPSA) is 81.7 Å². The molecular weight excluding hydrogens is 258 g/mol. The molecule has 6 heteroatoms. The predicted molar refractivity (Wildman–Crippen MR) is 75.6 cm³/mol. The van der Waals surface area contributed by atoms with E-state index in [-0.39, 0.29) is 18.5 Å². The Balaban J connectivity index is 1.68. The molecule has 0 aromatic rings. The van der Waals surface area contributed by atoms with Gasteiger partial charge in [0.25, 0.3) is 0 Å². The zero-order valence-corrected chi connectivity index (χ0v) is 12.1. The molecule has 114 valence electrons. The zero-order chi connectivity index (χ0) is 14.5. The van der Waals surface area contributed by atoms with Gasteiger partial charge in [0.15, 0.2) is 0 Å². The molecule has 2 rings (SSSR count). The van der Waals surface area contributed by atoms with E-state index in [0.29, 0.717) is 25.0 Å². The van der Waals surface area contributed by atoms with E-state index in [1.165, 1.54) is 19.3 Å². The molecule has 20 heavy (non-hydrogen) atoms. The molecule has 2 amide bonds. The standard InChI is InChI=1S/C14H25N3O3/c1-17-11-4-2-5-12(17)9-10(8-11)16-14(20)15-7-3-6-13(18)19/h10-12H,2-9H2,1H3,(H,18,19)(H2,15,16,20). The van der Waals surface area contributed by atoms with Crippen LogP contribution < -0.4 is 10.6 Å². The van der Waals surface area contributed by atoms with E-state index in [1.54, 1.807) is 0 Å². The molecule has 0 aromatic heterocycles. The number of hydrogen-bond donors (Lipinski definition) is 3. The number of rotatable bonds is 5. The summed E-state index contributed by atoms with van der Waals surface area (Å²) in [7, 11) is 2.19. The number of urea groups is 1. The quantitative estimate of drug-likeness (QED) is 0.661. The first-order valence-electron chi connectivity index (χ1n) is 7.54. The first-order chi connectivity index (χ1) is 9.56. The predicted octanol–water partition coefficient (Wildman–Crippen LogP) is 1.17. The number of carbonyl (C=O) groups is 2. The van der Waals surface area contributed by atoms with Crippen LogP contribution >= 0.6 is 0 Å². The second kappa shape index (κ2) is 6.92. The van der Waals surface area contributed by atoms with Crippen LogP contribution in [0.5, 0.6) is 0 Å². The number of carboxylic acids is 1.